The van der Waals surface area contributed by atoms with Gasteiger partial charge in [0.1, 0.15) is 6.54 Å². The van der Waals surface area contributed by atoms with E-state index in [9.17, 15) is 18.0 Å². The standard InChI is InChI=1S/C18H21BrF3N3O/c1-4-5-10-24(11-18(20,21)22)17(26)14-6-8-15(9-7-14)25-13(3)16(19)12(2)23-25/h6-9H,4-5,10-11H2,1-3H3. The Morgan fingerprint density at radius 2 is 1.85 bits per heavy atom. The van der Waals surface area contributed by atoms with Gasteiger partial charge in [0, 0.05) is 12.1 Å². The van der Waals surface area contributed by atoms with Crippen LogP contribution in [0.5, 0.6) is 0 Å². The van der Waals surface area contributed by atoms with Crippen molar-refractivity contribution in [3.05, 3.63) is 45.7 Å². The molecule has 2 aromatic rings. The minimum absolute atomic E-state index is 0.0843. The highest BCUT2D eigenvalue weighted by molar-refractivity contribution is 9.10. The van der Waals surface area contributed by atoms with Gasteiger partial charge in [-0.05, 0) is 60.5 Å². The summed E-state index contributed by atoms with van der Waals surface area (Å²) in [5, 5.41) is 4.40. The third-order valence-corrected chi connectivity index (χ3v) is 5.15. The van der Waals surface area contributed by atoms with Crippen LogP contribution in [0.15, 0.2) is 28.7 Å². The summed E-state index contributed by atoms with van der Waals surface area (Å²) in [6.45, 7) is 4.49. The van der Waals surface area contributed by atoms with Gasteiger partial charge in [-0.2, -0.15) is 18.3 Å². The van der Waals surface area contributed by atoms with E-state index in [1.165, 1.54) is 12.1 Å². The first-order valence-corrected chi connectivity index (χ1v) is 9.11. The quantitative estimate of drug-likeness (QED) is 0.641. The van der Waals surface area contributed by atoms with Gasteiger partial charge in [0.15, 0.2) is 0 Å². The SMILES string of the molecule is CCCCN(CC(F)(F)F)C(=O)c1ccc(-n2nc(C)c(Br)c2C)cc1. The molecule has 0 aliphatic rings. The Morgan fingerprint density at radius 3 is 2.31 bits per heavy atom. The fourth-order valence-corrected chi connectivity index (χ4v) is 2.87. The zero-order valence-corrected chi connectivity index (χ0v) is 16.5. The molecule has 0 bridgehead atoms. The maximum atomic E-state index is 12.8. The van der Waals surface area contributed by atoms with Crippen molar-refractivity contribution < 1.29 is 18.0 Å². The topological polar surface area (TPSA) is 38.1 Å². The second-order valence-corrected chi connectivity index (χ2v) is 6.93. The molecular formula is C18H21BrF3N3O. The van der Waals surface area contributed by atoms with E-state index in [4.69, 9.17) is 0 Å². The van der Waals surface area contributed by atoms with Crippen LogP contribution in [0.3, 0.4) is 0 Å². The minimum Gasteiger partial charge on any atom is -0.330 e. The van der Waals surface area contributed by atoms with Crippen molar-refractivity contribution in [3.63, 3.8) is 0 Å². The molecule has 2 rings (SSSR count). The van der Waals surface area contributed by atoms with Crippen LogP contribution in [-0.2, 0) is 0 Å². The first-order chi connectivity index (χ1) is 12.1. The van der Waals surface area contributed by atoms with Crippen molar-refractivity contribution in [2.24, 2.45) is 0 Å². The first-order valence-electron chi connectivity index (χ1n) is 8.32. The second kappa shape index (κ2) is 8.24. The highest BCUT2D eigenvalue weighted by Gasteiger charge is 2.33. The lowest BCUT2D eigenvalue weighted by atomic mass is 10.1. The molecule has 26 heavy (non-hydrogen) atoms. The predicted molar refractivity (Wildman–Crippen MR) is 97.6 cm³/mol. The number of halogens is 4. The summed E-state index contributed by atoms with van der Waals surface area (Å²) in [6, 6.07) is 6.45. The largest absolute Gasteiger partial charge is 0.406 e. The zero-order valence-electron chi connectivity index (χ0n) is 14.9. The van der Waals surface area contributed by atoms with E-state index in [1.54, 1.807) is 16.8 Å². The average molecular weight is 432 g/mol. The van der Waals surface area contributed by atoms with Gasteiger partial charge in [0.2, 0.25) is 0 Å². The van der Waals surface area contributed by atoms with Crippen molar-refractivity contribution in [1.82, 2.24) is 14.7 Å². The lowest BCUT2D eigenvalue weighted by molar-refractivity contribution is -0.140. The molecule has 8 heteroatoms. The molecule has 0 aliphatic heterocycles. The molecule has 142 valence electrons. The smallest absolute Gasteiger partial charge is 0.330 e. The number of carbonyl (C=O) groups is 1. The summed E-state index contributed by atoms with van der Waals surface area (Å²) in [6.07, 6.45) is -3.17. The summed E-state index contributed by atoms with van der Waals surface area (Å²) in [5.41, 5.74) is 2.71. The van der Waals surface area contributed by atoms with E-state index in [0.717, 1.165) is 26.4 Å². The van der Waals surface area contributed by atoms with Crippen LogP contribution in [0, 0.1) is 13.8 Å². The molecule has 0 saturated carbocycles. The molecule has 0 saturated heterocycles. The van der Waals surface area contributed by atoms with Gasteiger partial charge in [-0.15, -0.1) is 0 Å². The van der Waals surface area contributed by atoms with E-state index in [2.05, 4.69) is 21.0 Å². The van der Waals surface area contributed by atoms with Crippen LogP contribution in [-0.4, -0.2) is 39.9 Å². The average Bonchev–Trinajstić information content (AvgIpc) is 2.84. The number of aromatic nitrogens is 2. The molecule has 1 aromatic carbocycles. The van der Waals surface area contributed by atoms with E-state index in [1.807, 2.05) is 20.8 Å². The van der Waals surface area contributed by atoms with Crippen LogP contribution in [0.25, 0.3) is 5.69 Å². The lowest BCUT2D eigenvalue weighted by Gasteiger charge is -2.24. The van der Waals surface area contributed by atoms with Gasteiger partial charge in [-0.1, -0.05) is 13.3 Å². The number of carbonyl (C=O) groups excluding carboxylic acids is 1. The van der Waals surface area contributed by atoms with Gasteiger partial charge in [-0.25, -0.2) is 4.68 Å². The Balaban J connectivity index is 2.24. The molecule has 1 heterocycles. The van der Waals surface area contributed by atoms with E-state index in [-0.39, 0.29) is 12.1 Å². The number of amides is 1. The number of aryl methyl sites for hydroxylation is 1. The van der Waals surface area contributed by atoms with Crippen molar-refractivity contribution in [2.75, 3.05) is 13.1 Å². The maximum absolute atomic E-state index is 12.8. The van der Waals surface area contributed by atoms with Crippen LogP contribution >= 0.6 is 15.9 Å². The molecule has 0 unspecified atom stereocenters. The number of rotatable bonds is 6. The number of benzene rings is 1. The fraction of sp³-hybridized carbons (Fsp3) is 0.444. The lowest BCUT2D eigenvalue weighted by Crippen LogP contribution is -2.39. The molecule has 1 aromatic heterocycles. The van der Waals surface area contributed by atoms with Crippen molar-refractivity contribution in [2.45, 2.75) is 39.8 Å². The summed E-state index contributed by atoms with van der Waals surface area (Å²) in [7, 11) is 0. The molecule has 0 atom stereocenters. The molecule has 4 nitrogen and oxygen atoms in total. The minimum atomic E-state index is -4.42. The highest BCUT2D eigenvalue weighted by atomic mass is 79.9. The number of hydrogen-bond donors (Lipinski definition) is 0. The zero-order chi connectivity index (χ0) is 19.5. The van der Waals surface area contributed by atoms with E-state index >= 15 is 0 Å². The molecule has 0 N–H and O–H groups in total. The van der Waals surface area contributed by atoms with Crippen LogP contribution in [0.2, 0.25) is 0 Å². The third-order valence-electron chi connectivity index (χ3n) is 4.00. The molecule has 0 radical (unpaired) electrons. The van der Waals surface area contributed by atoms with Gasteiger partial charge >= 0.3 is 6.18 Å². The highest BCUT2D eigenvalue weighted by Crippen LogP contribution is 2.24. The Hall–Kier alpha value is -1.83. The monoisotopic (exact) mass is 431 g/mol. The molecular weight excluding hydrogens is 411 g/mol. The third kappa shape index (κ3) is 4.87. The number of unbranched alkanes of at least 4 members (excludes halogenated alkanes) is 1. The summed E-state index contributed by atoms with van der Waals surface area (Å²) in [4.78, 5) is 13.4. The van der Waals surface area contributed by atoms with Crippen molar-refractivity contribution in [1.29, 1.82) is 0 Å². The van der Waals surface area contributed by atoms with Gasteiger partial charge in [-0.3, -0.25) is 4.79 Å². The van der Waals surface area contributed by atoms with Gasteiger partial charge in [0.25, 0.3) is 5.91 Å². The second-order valence-electron chi connectivity index (χ2n) is 6.14. The van der Waals surface area contributed by atoms with E-state index in [0.29, 0.717) is 12.8 Å². The number of hydrogen-bond acceptors (Lipinski definition) is 2. The van der Waals surface area contributed by atoms with Crippen LogP contribution in [0.1, 0.15) is 41.5 Å². The molecule has 0 aliphatic carbocycles. The Kier molecular flexibility index (Phi) is 6.49. The molecule has 0 fully saturated rings. The van der Waals surface area contributed by atoms with Crippen LogP contribution < -0.4 is 0 Å². The fourth-order valence-electron chi connectivity index (χ4n) is 2.62. The number of alkyl halides is 3. The molecule has 0 spiro atoms. The Morgan fingerprint density at radius 1 is 1.23 bits per heavy atom. The van der Waals surface area contributed by atoms with E-state index < -0.39 is 18.6 Å². The summed E-state index contributed by atoms with van der Waals surface area (Å²) < 4.78 is 40.9. The van der Waals surface area contributed by atoms with Crippen molar-refractivity contribution >= 4 is 21.8 Å². The van der Waals surface area contributed by atoms with Crippen LogP contribution in [0.4, 0.5) is 13.2 Å². The Labute approximate surface area is 159 Å². The molecule has 1 amide bonds. The van der Waals surface area contributed by atoms with Crippen molar-refractivity contribution in [3.8, 4) is 5.69 Å². The van der Waals surface area contributed by atoms with Gasteiger partial charge in [0.05, 0.1) is 21.5 Å². The summed E-state index contributed by atoms with van der Waals surface area (Å²) >= 11 is 3.46. The normalized spacial score (nSPS) is 11.7. The predicted octanol–water partition coefficient (Wildman–Crippen LogP) is 5.06. The number of nitrogens with zero attached hydrogens (tertiary/aromatic N) is 3. The maximum Gasteiger partial charge on any atom is 0.406 e. The van der Waals surface area contributed by atoms with Gasteiger partial charge < -0.3 is 4.90 Å². The Bertz CT molecular complexity index is 769. The first kappa shape index (κ1) is 20.5. The summed E-state index contributed by atoms with van der Waals surface area (Å²) in [5.74, 6) is -0.614.